The van der Waals surface area contributed by atoms with Crippen molar-refractivity contribution in [3.8, 4) is 0 Å². The second-order valence-corrected chi connectivity index (χ2v) is 6.09. The molecule has 0 heterocycles. The van der Waals surface area contributed by atoms with Crippen molar-refractivity contribution in [2.75, 3.05) is 5.75 Å². The van der Waals surface area contributed by atoms with Crippen LogP contribution in [0.3, 0.4) is 0 Å². The van der Waals surface area contributed by atoms with Gasteiger partial charge in [0.05, 0.1) is 5.75 Å². The molecule has 0 radical (unpaired) electrons. The molecule has 0 fully saturated rings. The zero-order chi connectivity index (χ0) is 13.8. The molecule has 1 N–H and O–H groups in total. The fourth-order valence-electron chi connectivity index (χ4n) is 1.28. The summed E-state index contributed by atoms with van der Waals surface area (Å²) in [4.78, 5) is 10.8. The first-order valence-corrected chi connectivity index (χ1v) is 7.01. The Balaban J connectivity index is 2.64. The normalized spacial score (nSPS) is 12.3. The maximum atomic E-state index is 11.6. The maximum absolute atomic E-state index is 11.6. The maximum Gasteiger partial charge on any atom is 0.336 e. The van der Waals surface area contributed by atoms with Crippen LogP contribution in [0, 0.1) is 0 Å². The number of carboxylic acids is 1. The highest BCUT2D eigenvalue weighted by atomic mass is 32.2. The Bertz CT molecular complexity index is 505. The number of aryl methyl sites for hydroxylation is 1. The van der Waals surface area contributed by atoms with Crippen molar-refractivity contribution >= 4 is 16.1 Å². The molecule has 0 aliphatic heterocycles. The largest absolute Gasteiger partial charge is 0.479 e. The van der Waals surface area contributed by atoms with E-state index in [1.165, 1.54) is 13.8 Å². The highest BCUT2D eigenvalue weighted by Gasteiger charge is 2.34. The van der Waals surface area contributed by atoms with E-state index in [1.807, 2.05) is 18.2 Å². The minimum absolute atomic E-state index is 0.242. The minimum Gasteiger partial charge on any atom is -0.479 e. The van der Waals surface area contributed by atoms with Crippen molar-refractivity contribution in [3.05, 3.63) is 35.9 Å². The zero-order valence-electron chi connectivity index (χ0n) is 10.3. The molecule has 0 saturated carbocycles. The van der Waals surface area contributed by atoms with Crippen LogP contribution in [0.4, 0.5) is 0 Å². The molecule has 18 heavy (non-hydrogen) atoms. The third-order valence-corrected chi connectivity index (χ3v) is 3.71. The highest BCUT2D eigenvalue weighted by Crippen LogP contribution is 2.15. The summed E-state index contributed by atoms with van der Waals surface area (Å²) in [6.45, 7) is 2.41. The summed E-state index contributed by atoms with van der Waals surface area (Å²) in [7, 11) is -3.86. The summed E-state index contributed by atoms with van der Waals surface area (Å²) >= 11 is 0. The Morgan fingerprint density at radius 2 is 1.83 bits per heavy atom. The lowest BCUT2D eigenvalue weighted by Crippen LogP contribution is -2.37. The number of carbonyl (C=O) groups is 1. The fourth-order valence-corrected chi connectivity index (χ4v) is 2.56. The lowest BCUT2D eigenvalue weighted by atomic mass is 10.1. The Morgan fingerprint density at radius 3 is 2.33 bits per heavy atom. The molecule has 5 nitrogen and oxygen atoms in total. The van der Waals surface area contributed by atoms with Crippen molar-refractivity contribution in [1.82, 2.24) is 0 Å². The van der Waals surface area contributed by atoms with Gasteiger partial charge in [-0.3, -0.25) is 4.18 Å². The molecule has 1 aromatic carbocycles. The zero-order valence-corrected chi connectivity index (χ0v) is 11.1. The molecule has 1 rings (SSSR count). The summed E-state index contributed by atoms with van der Waals surface area (Å²) in [5.41, 5.74) is -0.881. The molecule has 0 bridgehead atoms. The van der Waals surface area contributed by atoms with Gasteiger partial charge in [0.15, 0.2) is 5.60 Å². The summed E-state index contributed by atoms with van der Waals surface area (Å²) in [5.74, 6) is -1.56. The SMILES string of the molecule is CC(C)(OS(=O)(=O)CCc1ccccc1)C(=O)O. The molecule has 0 unspecified atom stereocenters. The van der Waals surface area contributed by atoms with Crippen molar-refractivity contribution in [2.45, 2.75) is 25.9 Å². The quantitative estimate of drug-likeness (QED) is 0.792. The summed E-state index contributed by atoms with van der Waals surface area (Å²) in [6, 6.07) is 9.06. The first-order valence-electron chi connectivity index (χ1n) is 5.43. The van der Waals surface area contributed by atoms with E-state index in [1.54, 1.807) is 12.1 Å². The van der Waals surface area contributed by atoms with E-state index in [-0.39, 0.29) is 5.75 Å². The van der Waals surface area contributed by atoms with Crippen LogP contribution >= 0.6 is 0 Å². The minimum atomic E-state index is -3.86. The molecule has 0 aromatic heterocycles. The third-order valence-electron chi connectivity index (χ3n) is 2.33. The van der Waals surface area contributed by atoms with Gasteiger partial charge in [0.25, 0.3) is 10.1 Å². The van der Waals surface area contributed by atoms with Gasteiger partial charge in [-0.1, -0.05) is 30.3 Å². The number of hydrogen-bond donors (Lipinski definition) is 1. The Labute approximate surface area is 107 Å². The molecule has 0 spiro atoms. The second-order valence-electron chi connectivity index (χ2n) is 4.40. The van der Waals surface area contributed by atoms with Gasteiger partial charge in [0.1, 0.15) is 0 Å². The molecule has 0 aliphatic carbocycles. The van der Waals surface area contributed by atoms with Crippen molar-refractivity contribution < 1.29 is 22.5 Å². The van der Waals surface area contributed by atoms with Gasteiger partial charge >= 0.3 is 5.97 Å². The van der Waals surface area contributed by atoms with E-state index >= 15 is 0 Å². The first-order chi connectivity index (χ1) is 8.23. The van der Waals surface area contributed by atoms with Crippen LogP contribution in [-0.2, 0) is 25.5 Å². The number of carboxylic acid groups (broad SMARTS) is 1. The van der Waals surface area contributed by atoms with Crippen LogP contribution in [0.5, 0.6) is 0 Å². The Morgan fingerprint density at radius 1 is 1.28 bits per heavy atom. The van der Waals surface area contributed by atoms with E-state index in [9.17, 15) is 13.2 Å². The molecular weight excluding hydrogens is 256 g/mol. The first kappa shape index (κ1) is 14.7. The van der Waals surface area contributed by atoms with Crippen LogP contribution in [0.1, 0.15) is 19.4 Å². The van der Waals surface area contributed by atoms with Crippen LogP contribution in [0.25, 0.3) is 0 Å². The van der Waals surface area contributed by atoms with E-state index in [2.05, 4.69) is 4.18 Å². The molecule has 0 amide bonds. The predicted molar refractivity (Wildman–Crippen MR) is 66.7 cm³/mol. The van der Waals surface area contributed by atoms with Crippen LogP contribution in [-0.4, -0.2) is 30.8 Å². The number of hydrogen-bond acceptors (Lipinski definition) is 4. The number of aliphatic carboxylic acids is 1. The summed E-state index contributed by atoms with van der Waals surface area (Å²) in [6.07, 6.45) is 0.291. The van der Waals surface area contributed by atoms with E-state index in [4.69, 9.17) is 5.11 Å². The molecule has 6 heteroatoms. The number of rotatable bonds is 6. The second kappa shape index (κ2) is 5.49. The molecule has 0 atom stereocenters. The van der Waals surface area contributed by atoms with Crippen LogP contribution in [0.2, 0.25) is 0 Å². The van der Waals surface area contributed by atoms with Crippen molar-refractivity contribution in [1.29, 1.82) is 0 Å². The fraction of sp³-hybridized carbons (Fsp3) is 0.417. The standard InChI is InChI=1S/C12H16O5S/c1-12(2,11(13)14)17-18(15,16)9-8-10-6-4-3-5-7-10/h3-7H,8-9H2,1-2H3,(H,13,14). The molecule has 100 valence electrons. The third kappa shape index (κ3) is 4.46. The van der Waals surface area contributed by atoms with Gasteiger partial charge < -0.3 is 5.11 Å². The smallest absolute Gasteiger partial charge is 0.336 e. The van der Waals surface area contributed by atoms with Gasteiger partial charge in [-0.25, -0.2) is 4.79 Å². The van der Waals surface area contributed by atoms with Crippen molar-refractivity contribution in [3.63, 3.8) is 0 Å². The predicted octanol–water partition coefficient (Wildman–Crippen LogP) is 1.44. The van der Waals surface area contributed by atoms with Gasteiger partial charge in [0.2, 0.25) is 0 Å². The lowest BCUT2D eigenvalue weighted by Gasteiger charge is -2.19. The van der Waals surface area contributed by atoms with Gasteiger partial charge in [0, 0.05) is 0 Å². The Kier molecular flexibility index (Phi) is 4.48. The van der Waals surface area contributed by atoms with Gasteiger partial charge in [-0.05, 0) is 25.8 Å². The summed E-state index contributed by atoms with van der Waals surface area (Å²) in [5, 5.41) is 8.80. The van der Waals surface area contributed by atoms with Gasteiger partial charge in [-0.15, -0.1) is 0 Å². The molecule has 0 saturated heterocycles. The van der Waals surface area contributed by atoms with E-state index in [0.29, 0.717) is 6.42 Å². The number of benzene rings is 1. The topological polar surface area (TPSA) is 80.7 Å². The van der Waals surface area contributed by atoms with E-state index < -0.39 is 21.7 Å². The average molecular weight is 272 g/mol. The highest BCUT2D eigenvalue weighted by molar-refractivity contribution is 7.86. The van der Waals surface area contributed by atoms with Gasteiger partial charge in [-0.2, -0.15) is 8.42 Å². The van der Waals surface area contributed by atoms with E-state index in [0.717, 1.165) is 5.56 Å². The van der Waals surface area contributed by atoms with Crippen molar-refractivity contribution in [2.24, 2.45) is 0 Å². The van der Waals surface area contributed by atoms with Crippen LogP contribution in [0.15, 0.2) is 30.3 Å². The summed E-state index contributed by atoms with van der Waals surface area (Å²) < 4.78 is 28.0. The molecule has 0 aliphatic rings. The van der Waals surface area contributed by atoms with Crippen LogP contribution < -0.4 is 0 Å². The Hall–Kier alpha value is -1.40. The monoisotopic (exact) mass is 272 g/mol. The molecule has 1 aromatic rings. The average Bonchev–Trinajstić information content (AvgIpc) is 2.26. The lowest BCUT2D eigenvalue weighted by molar-refractivity contribution is -0.151. The molecular formula is C12H16O5S.